The number of halogens is 3. The standard InChI is InChI=1S/C24H26Cl3N3O4S/c1-5-19(34-22(31)24(2,3)35(4,32)33)15-8-9-16(26)20-21(15)30-12-6-11-29(23(30)28-20)18-10-7-14(25)13-17(18)27/h7-10,13,19H,5-6,11-12H2,1-4H3. The van der Waals surface area contributed by atoms with Gasteiger partial charge in [-0.2, -0.15) is 0 Å². The van der Waals surface area contributed by atoms with Crippen LogP contribution in [0.5, 0.6) is 0 Å². The van der Waals surface area contributed by atoms with Crippen molar-refractivity contribution >= 4 is 73.3 Å². The minimum absolute atomic E-state index is 0.440. The molecular formula is C24H26Cl3N3O4S. The maximum Gasteiger partial charge on any atom is 0.327 e. The van der Waals surface area contributed by atoms with Crippen molar-refractivity contribution in [3.63, 3.8) is 0 Å². The monoisotopic (exact) mass is 557 g/mol. The van der Waals surface area contributed by atoms with Gasteiger partial charge in [0.1, 0.15) is 11.6 Å². The number of ether oxygens (including phenoxy) is 1. The van der Waals surface area contributed by atoms with E-state index in [-0.39, 0.29) is 0 Å². The molecule has 0 N–H and O–H groups in total. The Morgan fingerprint density at radius 2 is 1.86 bits per heavy atom. The van der Waals surface area contributed by atoms with Gasteiger partial charge in [-0.3, -0.25) is 4.79 Å². The highest BCUT2D eigenvalue weighted by atomic mass is 35.5. The fourth-order valence-corrected chi connectivity index (χ4v) is 5.16. The lowest BCUT2D eigenvalue weighted by Crippen LogP contribution is -2.41. The van der Waals surface area contributed by atoms with Crippen LogP contribution in [0, 0.1) is 0 Å². The summed E-state index contributed by atoms with van der Waals surface area (Å²) in [5.74, 6) is -0.134. The molecule has 35 heavy (non-hydrogen) atoms. The molecule has 7 nitrogen and oxygen atoms in total. The molecule has 0 saturated heterocycles. The van der Waals surface area contributed by atoms with E-state index in [9.17, 15) is 13.2 Å². The third kappa shape index (κ3) is 4.61. The molecule has 4 rings (SSSR count). The second-order valence-electron chi connectivity index (χ2n) is 9.08. The molecule has 0 fully saturated rings. The molecule has 0 aliphatic carbocycles. The van der Waals surface area contributed by atoms with E-state index in [0.29, 0.717) is 51.6 Å². The summed E-state index contributed by atoms with van der Waals surface area (Å²) >= 11 is 19.2. The van der Waals surface area contributed by atoms with Gasteiger partial charge in [-0.15, -0.1) is 0 Å². The molecule has 0 radical (unpaired) electrons. The zero-order valence-corrected chi connectivity index (χ0v) is 22.9. The quantitative estimate of drug-likeness (QED) is 0.328. The van der Waals surface area contributed by atoms with Crippen LogP contribution >= 0.6 is 34.8 Å². The van der Waals surface area contributed by atoms with Crippen LogP contribution in [0.15, 0.2) is 30.3 Å². The van der Waals surface area contributed by atoms with E-state index in [1.807, 2.05) is 28.5 Å². The van der Waals surface area contributed by atoms with Crippen molar-refractivity contribution in [2.75, 3.05) is 17.7 Å². The third-order valence-corrected chi connectivity index (χ3v) is 9.31. The van der Waals surface area contributed by atoms with Crippen molar-refractivity contribution < 1.29 is 17.9 Å². The van der Waals surface area contributed by atoms with Gasteiger partial charge in [-0.25, -0.2) is 13.4 Å². The summed E-state index contributed by atoms with van der Waals surface area (Å²) in [7, 11) is -3.68. The minimum atomic E-state index is -3.68. The molecule has 1 unspecified atom stereocenters. The maximum atomic E-state index is 12.9. The predicted octanol–water partition coefficient (Wildman–Crippen LogP) is 6.36. The van der Waals surface area contributed by atoms with Crippen molar-refractivity contribution in [3.8, 4) is 0 Å². The number of nitrogens with zero attached hydrogens (tertiary/aromatic N) is 3. The minimum Gasteiger partial charge on any atom is -0.456 e. The van der Waals surface area contributed by atoms with Crippen molar-refractivity contribution in [3.05, 3.63) is 51.0 Å². The number of benzene rings is 2. The molecule has 11 heteroatoms. The number of anilines is 2. The normalized spacial score (nSPS) is 15.2. The number of esters is 1. The Morgan fingerprint density at radius 1 is 1.14 bits per heavy atom. The van der Waals surface area contributed by atoms with Crippen LogP contribution in [0.1, 0.15) is 45.3 Å². The van der Waals surface area contributed by atoms with Crippen molar-refractivity contribution in [1.29, 1.82) is 0 Å². The Hall–Kier alpha value is -2.00. The van der Waals surface area contributed by atoms with Crippen LogP contribution < -0.4 is 4.90 Å². The smallest absolute Gasteiger partial charge is 0.327 e. The van der Waals surface area contributed by atoms with E-state index in [4.69, 9.17) is 44.5 Å². The summed E-state index contributed by atoms with van der Waals surface area (Å²) in [4.78, 5) is 19.8. The number of aromatic nitrogens is 2. The van der Waals surface area contributed by atoms with Gasteiger partial charge >= 0.3 is 5.97 Å². The number of hydrogen-bond donors (Lipinski definition) is 0. The average Bonchev–Trinajstić information content (AvgIpc) is 3.18. The molecule has 3 aromatic rings. The first kappa shape index (κ1) is 26.1. The number of carbonyl (C=O) groups is 1. The van der Waals surface area contributed by atoms with Gasteiger partial charge in [0.25, 0.3) is 0 Å². The van der Waals surface area contributed by atoms with Gasteiger partial charge in [0.15, 0.2) is 14.6 Å². The number of rotatable bonds is 6. The Labute approximate surface area is 219 Å². The van der Waals surface area contributed by atoms with E-state index >= 15 is 0 Å². The van der Waals surface area contributed by atoms with Crippen molar-refractivity contribution in [1.82, 2.24) is 9.55 Å². The summed E-state index contributed by atoms with van der Waals surface area (Å²) in [6.07, 6.45) is 1.61. The average molecular weight is 559 g/mol. The second kappa shape index (κ2) is 9.47. The highest BCUT2D eigenvalue weighted by molar-refractivity contribution is 7.92. The topological polar surface area (TPSA) is 81.5 Å². The Kier molecular flexibility index (Phi) is 7.05. The zero-order valence-electron chi connectivity index (χ0n) is 19.8. The lowest BCUT2D eigenvalue weighted by atomic mass is 10.0. The molecule has 188 valence electrons. The molecule has 1 atom stereocenters. The summed E-state index contributed by atoms with van der Waals surface area (Å²) in [5, 5.41) is 1.51. The zero-order chi connectivity index (χ0) is 25.7. The van der Waals surface area contributed by atoms with Crippen molar-refractivity contribution in [2.24, 2.45) is 0 Å². The number of sulfone groups is 1. The van der Waals surface area contributed by atoms with Crippen LogP contribution in [-0.2, 0) is 25.9 Å². The summed E-state index contributed by atoms with van der Waals surface area (Å²) in [5.41, 5.74) is 2.82. The van der Waals surface area contributed by atoms with Crippen LogP contribution in [-0.4, -0.2) is 41.5 Å². The van der Waals surface area contributed by atoms with E-state index in [0.717, 1.165) is 23.9 Å². The molecular weight excluding hydrogens is 533 g/mol. The fraction of sp³-hybridized carbons (Fsp3) is 0.417. The van der Waals surface area contributed by atoms with Gasteiger partial charge < -0.3 is 14.2 Å². The first-order chi connectivity index (χ1) is 16.4. The summed E-state index contributed by atoms with van der Waals surface area (Å²) < 4.78 is 30.5. The molecule has 0 bridgehead atoms. The largest absolute Gasteiger partial charge is 0.456 e. The summed E-state index contributed by atoms with van der Waals surface area (Å²) in [6, 6.07) is 8.85. The molecule has 2 heterocycles. The molecule has 0 amide bonds. The van der Waals surface area contributed by atoms with Crippen LogP contribution in [0.4, 0.5) is 11.6 Å². The lowest BCUT2D eigenvalue weighted by molar-refractivity contribution is -0.151. The van der Waals surface area contributed by atoms with E-state index in [1.54, 1.807) is 18.2 Å². The second-order valence-corrected chi connectivity index (χ2v) is 12.9. The number of carbonyl (C=O) groups excluding carboxylic acids is 1. The Morgan fingerprint density at radius 3 is 2.49 bits per heavy atom. The number of hydrogen-bond acceptors (Lipinski definition) is 6. The number of fused-ring (bicyclic) bond motifs is 3. The molecule has 2 aromatic carbocycles. The molecule has 0 spiro atoms. The molecule has 1 aliphatic rings. The molecule has 1 aromatic heterocycles. The highest BCUT2D eigenvalue weighted by Crippen LogP contribution is 2.41. The predicted molar refractivity (Wildman–Crippen MR) is 141 cm³/mol. The lowest BCUT2D eigenvalue weighted by Gasteiger charge is -2.30. The van der Waals surface area contributed by atoms with E-state index < -0.39 is 26.7 Å². The van der Waals surface area contributed by atoms with Crippen LogP contribution in [0.2, 0.25) is 15.1 Å². The number of aryl methyl sites for hydroxylation is 1. The first-order valence-corrected chi connectivity index (χ1v) is 14.2. The van der Waals surface area contributed by atoms with Gasteiger partial charge in [0.2, 0.25) is 5.95 Å². The van der Waals surface area contributed by atoms with E-state index in [2.05, 4.69) is 0 Å². The highest BCUT2D eigenvalue weighted by Gasteiger charge is 2.41. The Bertz CT molecular complexity index is 1420. The van der Waals surface area contributed by atoms with Crippen LogP contribution in [0.25, 0.3) is 11.0 Å². The van der Waals surface area contributed by atoms with Crippen molar-refractivity contribution in [2.45, 2.75) is 51.0 Å². The third-order valence-electron chi connectivity index (χ3n) is 6.45. The summed E-state index contributed by atoms with van der Waals surface area (Å²) in [6.45, 7) is 5.96. The molecule has 1 aliphatic heterocycles. The maximum absolute atomic E-state index is 12.9. The van der Waals surface area contributed by atoms with Gasteiger partial charge in [0, 0.05) is 29.9 Å². The van der Waals surface area contributed by atoms with Gasteiger partial charge in [-0.1, -0.05) is 47.8 Å². The van der Waals surface area contributed by atoms with Gasteiger partial charge in [0.05, 0.1) is 21.2 Å². The first-order valence-electron chi connectivity index (χ1n) is 11.2. The molecule has 0 saturated carbocycles. The van der Waals surface area contributed by atoms with Crippen LogP contribution in [0.3, 0.4) is 0 Å². The van der Waals surface area contributed by atoms with Gasteiger partial charge in [-0.05, 0) is 51.0 Å². The number of imidazole rings is 1. The van der Waals surface area contributed by atoms with E-state index in [1.165, 1.54) is 13.8 Å². The Balaban J connectivity index is 1.83. The SMILES string of the molecule is CCC(OC(=O)C(C)(C)S(C)(=O)=O)c1ccc(Cl)c2nc3n(c12)CCCN3c1ccc(Cl)cc1Cl. The fourth-order valence-electron chi connectivity index (χ4n) is 4.10.